The maximum atomic E-state index is 13.7. The Morgan fingerprint density at radius 1 is 1.38 bits per heavy atom. The molecule has 0 bridgehead atoms. The number of amides is 2. The van der Waals surface area contributed by atoms with Crippen LogP contribution >= 0.6 is 34.9 Å². The van der Waals surface area contributed by atoms with Gasteiger partial charge in [0.1, 0.15) is 22.7 Å². The van der Waals surface area contributed by atoms with Crippen molar-refractivity contribution in [3.8, 4) is 5.88 Å². The number of hydrogen-bond donors (Lipinski definition) is 3. The molecule has 214 valence electrons. The van der Waals surface area contributed by atoms with Crippen molar-refractivity contribution in [2.24, 2.45) is 5.16 Å². The quantitative estimate of drug-likeness (QED) is 0.108. The van der Waals surface area contributed by atoms with Crippen molar-refractivity contribution in [1.82, 2.24) is 30.0 Å². The summed E-state index contributed by atoms with van der Waals surface area (Å²) in [6.45, 7) is 6.86. The Balaban J connectivity index is 1.66. The lowest BCUT2D eigenvalue weighted by Crippen LogP contribution is -2.84. The minimum atomic E-state index is -2.18. The van der Waals surface area contributed by atoms with E-state index in [0.29, 0.717) is 11.4 Å². The number of thioether (sulfide) groups is 2. The molecule has 2 aliphatic heterocycles. The van der Waals surface area contributed by atoms with Gasteiger partial charge in [-0.1, -0.05) is 16.9 Å². The first-order valence-corrected chi connectivity index (χ1v) is 14.7. The summed E-state index contributed by atoms with van der Waals surface area (Å²) in [5, 5.41) is 25.1. The number of rotatable bonds is 11. The summed E-state index contributed by atoms with van der Waals surface area (Å²) in [5.74, 6) is -2.33. The fourth-order valence-electron chi connectivity index (χ4n) is 3.98. The highest BCUT2D eigenvalue weighted by Crippen LogP contribution is 2.54. The Labute approximate surface area is 244 Å². The number of aromatic hydroxyl groups is 1. The van der Waals surface area contributed by atoms with Crippen molar-refractivity contribution in [2.75, 3.05) is 30.4 Å². The lowest BCUT2D eigenvalue weighted by Gasteiger charge is -2.63. The van der Waals surface area contributed by atoms with E-state index in [0.717, 1.165) is 23.5 Å². The van der Waals surface area contributed by atoms with E-state index in [1.165, 1.54) is 27.8 Å². The summed E-state index contributed by atoms with van der Waals surface area (Å²) in [6.07, 6.45) is 0.400. The minimum Gasteiger partial charge on any atom is -0.488 e. The molecule has 0 aliphatic carbocycles. The Kier molecular flexibility index (Phi) is 7.75. The van der Waals surface area contributed by atoms with Crippen LogP contribution in [0.3, 0.4) is 0 Å². The van der Waals surface area contributed by atoms with Crippen LogP contribution in [-0.4, -0.2) is 89.1 Å². The lowest BCUT2D eigenvalue weighted by molar-refractivity contribution is -0.162. The van der Waals surface area contributed by atoms with E-state index in [1.807, 2.05) is 0 Å². The number of β-lactam (4-membered cyclic amide) rings is 1. The molecule has 14 nitrogen and oxygen atoms in total. The number of hydrogen-bond acceptors (Lipinski definition) is 14. The van der Waals surface area contributed by atoms with Crippen LogP contribution in [0.25, 0.3) is 0 Å². The number of fused-ring (bicyclic) bond motifs is 1. The second-order valence-electron chi connectivity index (χ2n) is 8.66. The highest BCUT2D eigenvalue weighted by atomic mass is 32.2. The van der Waals surface area contributed by atoms with Gasteiger partial charge in [0, 0.05) is 33.2 Å². The van der Waals surface area contributed by atoms with Crippen molar-refractivity contribution in [3.63, 3.8) is 0 Å². The average Bonchev–Trinajstić information content (AvgIpc) is 3.42. The molecule has 4 heterocycles. The summed E-state index contributed by atoms with van der Waals surface area (Å²) in [7, 11) is 1.67. The molecule has 0 radical (unpaired) electrons. The van der Waals surface area contributed by atoms with Crippen LogP contribution in [0, 0.1) is 0 Å². The largest absolute Gasteiger partial charge is 0.488 e. The Hall–Kier alpha value is -3.44. The molecule has 1 saturated heterocycles. The van der Waals surface area contributed by atoms with Crippen molar-refractivity contribution < 1.29 is 27.1 Å². The smallest absolute Gasteiger partial charge is 0.336 e. The molecule has 2 atom stereocenters. The van der Waals surface area contributed by atoms with E-state index in [1.54, 1.807) is 33.2 Å². The second-order valence-corrected chi connectivity index (χ2v) is 11.7. The van der Waals surface area contributed by atoms with Crippen molar-refractivity contribution in [3.05, 3.63) is 32.7 Å². The number of nitrogens with zero attached hydrogens (tertiary/aromatic N) is 6. The average molecular weight is 611 g/mol. The van der Waals surface area contributed by atoms with Gasteiger partial charge in [0.05, 0.1) is 5.70 Å². The third kappa shape index (κ3) is 4.96. The predicted molar refractivity (Wildman–Crippen MR) is 152 cm³/mol. The first-order chi connectivity index (χ1) is 19.8. The molecular weight excluding hydrogens is 581 g/mol. The van der Waals surface area contributed by atoms with E-state index in [2.05, 4.69) is 30.9 Å². The molecule has 2 aromatic rings. The van der Waals surface area contributed by atoms with Crippen molar-refractivity contribution in [1.29, 1.82) is 0 Å². The molecule has 2 amide bonds. The van der Waals surface area contributed by atoms with Gasteiger partial charge < -0.3 is 20.6 Å². The van der Waals surface area contributed by atoms with E-state index in [-0.39, 0.29) is 46.7 Å². The minimum absolute atomic E-state index is 0.0163. The molecule has 40 heavy (non-hydrogen) atoms. The molecule has 3 N–H and O–H groups in total. The van der Waals surface area contributed by atoms with Gasteiger partial charge in [-0.05, 0) is 33.3 Å². The number of oxime groups is 1. The topological polar surface area (TPSA) is 181 Å². The highest BCUT2D eigenvalue weighted by Gasteiger charge is 2.70. The van der Waals surface area contributed by atoms with Gasteiger partial charge in [0.15, 0.2) is 22.3 Å². The van der Waals surface area contributed by atoms with Gasteiger partial charge in [-0.15, -0.1) is 28.2 Å². The number of nitrogens with one attached hydrogen (secondary N) is 2. The highest BCUT2D eigenvalue weighted by molar-refractivity contribution is 8.01. The zero-order valence-corrected chi connectivity index (χ0v) is 24.6. The van der Waals surface area contributed by atoms with Crippen molar-refractivity contribution >= 4 is 63.8 Å². The molecule has 2 aliphatic rings. The molecule has 0 spiro atoms. The lowest BCUT2D eigenvalue weighted by atomic mass is 9.79. The van der Waals surface area contributed by atoms with Crippen LogP contribution in [0.5, 0.6) is 5.88 Å². The fraction of sp³-hybridized carbons (Fsp3) is 0.478. The van der Waals surface area contributed by atoms with E-state index < -0.39 is 39.4 Å². The van der Waals surface area contributed by atoms with Gasteiger partial charge in [-0.25, -0.2) is 9.67 Å². The van der Waals surface area contributed by atoms with Gasteiger partial charge in [-0.2, -0.15) is 4.98 Å². The van der Waals surface area contributed by atoms with Crippen LogP contribution < -0.4 is 16.2 Å². The summed E-state index contributed by atoms with van der Waals surface area (Å²) < 4.78 is 18.9. The summed E-state index contributed by atoms with van der Waals surface area (Å²) >= 11 is 2.93. The number of carbonyl (C=O) groups excluding carboxylic acids is 3. The summed E-state index contributed by atoms with van der Waals surface area (Å²) in [6, 6.07) is 0. The molecule has 0 saturated carbocycles. The number of aromatic nitrogens is 4. The molecule has 17 heteroatoms. The Morgan fingerprint density at radius 2 is 2.12 bits per heavy atom. The van der Waals surface area contributed by atoms with Crippen LogP contribution in [0.4, 0.5) is 5.13 Å². The fourth-order valence-corrected chi connectivity index (χ4v) is 6.80. The molecule has 0 aromatic carbocycles. The van der Waals surface area contributed by atoms with Gasteiger partial charge in [0.25, 0.3) is 17.7 Å². The van der Waals surface area contributed by atoms with Gasteiger partial charge in [-0.3, -0.25) is 24.1 Å². The number of aryl methyl sites for hydroxylation is 1. The van der Waals surface area contributed by atoms with Gasteiger partial charge >= 0.3 is 5.56 Å². The van der Waals surface area contributed by atoms with Crippen LogP contribution in [0.1, 0.15) is 36.1 Å². The zero-order chi connectivity index (χ0) is 31.0. The number of anilines is 1. The Morgan fingerprint density at radius 3 is 2.75 bits per heavy atom. The zero-order valence-electron chi connectivity index (χ0n) is 24.2. The van der Waals surface area contributed by atoms with Crippen LogP contribution in [0.2, 0.25) is 0 Å². The summed E-state index contributed by atoms with van der Waals surface area (Å²) in [4.78, 5) is 64.3. The number of aldehydes is 1. The Bertz CT molecular complexity index is 1560. The van der Waals surface area contributed by atoms with E-state index in [4.69, 9.17) is 7.58 Å². The second kappa shape index (κ2) is 11.6. The maximum Gasteiger partial charge on any atom is 0.336 e. The first-order valence-electron chi connectivity index (χ1n) is 13.0. The third-order valence-electron chi connectivity index (χ3n) is 6.31. The standard InChI is InChI=1S/C23H28N8O6S3/c1-6-30-21(26-17(34)18(35)28-30)39-9-12-10-40-23(4)22(3,19(36)31(23)14(12)8-32)27-16(33)15(29-37-7-2)13-11-38-20(24-5)25-13/h8,11H,6-7,9-10H2,1-5H3,(H,24,25)(H,27,33)(H,28,35)/b29-15-/t22-,23-/m1/s1/i10D2. The molecular formula is C23H28N8O6S3. The predicted octanol–water partition coefficient (Wildman–Crippen LogP) is 1.03. The maximum absolute atomic E-state index is 13.7. The van der Waals surface area contributed by atoms with Crippen molar-refractivity contribution in [2.45, 2.75) is 49.8 Å². The number of thiazole rings is 1. The van der Waals surface area contributed by atoms with E-state index in [9.17, 15) is 24.3 Å². The number of allylic oxidation sites excluding steroid dienone is 1. The molecule has 4 rings (SSSR count). The first kappa shape index (κ1) is 26.8. The van der Waals surface area contributed by atoms with Crippen LogP contribution in [-0.2, 0) is 25.8 Å². The van der Waals surface area contributed by atoms with Gasteiger partial charge in [0.2, 0.25) is 0 Å². The van der Waals surface area contributed by atoms with Crippen LogP contribution in [0.15, 0.2) is 31.8 Å². The number of carbonyl (C=O) groups is 3. The SMILES string of the molecule is [2H]C1([2H])S[C@@]2(C)N(C(=O)[C@@]2(C)NC(=O)/C(=N\OCC)c2csc(NC)n2)C(C=O)=C1CSc1nc(=O)c(O)nn1CC. The monoisotopic (exact) mass is 610 g/mol. The normalized spacial score (nSPS) is 24.5. The summed E-state index contributed by atoms with van der Waals surface area (Å²) in [5.41, 5.74) is -4.93. The third-order valence-corrected chi connectivity index (χ3v) is 9.50. The molecule has 0 unspecified atom stereocenters. The van der Waals surface area contributed by atoms with E-state index >= 15 is 0 Å². The molecule has 1 fully saturated rings. The molecule has 2 aromatic heterocycles.